The van der Waals surface area contributed by atoms with Crippen LogP contribution < -0.4 is 5.32 Å². The Morgan fingerprint density at radius 2 is 1.65 bits per heavy atom. The van der Waals surface area contributed by atoms with Gasteiger partial charge in [0, 0.05) is 6.07 Å². The first-order chi connectivity index (χ1) is 9.27. The Hall–Kier alpha value is -2.51. The predicted octanol–water partition coefficient (Wildman–Crippen LogP) is 0.551. The van der Waals surface area contributed by atoms with Gasteiger partial charge in [-0.3, -0.25) is 9.59 Å². The quantitative estimate of drug-likeness (QED) is 0.709. The average Bonchev–Trinajstić information content (AvgIpc) is 2.25. The molecule has 0 aliphatic heterocycles. The van der Waals surface area contributed by atoms with E-state index in [1.54, 1.807) is 0 Å². The van der Waals surface area contributed by atoms with E-state index in [1.165, 1.54) is 0 Å². The third-order valence-corrected chi connectivity index (χ3v) is 2.30. The van der Waals surface area contributed by atoms with Crippen molar-refractivity contribution in [2.75, 3.05) is 0 Å². The molecule has 0 heterocycles. The summed E-state index contributed by atoms with van der Waals surface area (Å²) >= 11 is 0. The normalized spacial score (nSPS) is 11.7. The molecule has 0 fully saturated rings. The van der Waals surface area contributed by atoms with Crippen LogP contribution in [0.1, 0.15) is 12.0 Å². The van der Waals surface area contributed by atoms with Crippen molar-refractivity contribution in [2.45, 2.75) is 18.9 Å². The van der Waals surface area contributed by atoms with E-state index >= 15 is 0 Å². The number of halogens is 2. The van der Waals surface area contributed by atoms with Gasteiger partial charge in [-0.25, -0.2) is 13.6 Å². The third kappa shape index (κ3) is 5.01. The number of aliphatic carboxylic acids is 2. The van der Waals surface area contributed by atoms with E-state index in [0.717, 1.165) is 12.1 Å². The smallest absolute Gasteiger partial charge is 0.326 e. The molecule has 1 aromatic rings. The molecule has 108 valence electrons. The molecule has 0 aromatic heterocycles. The Labute approximate surface area is 112 Å². The molecule has 0 bridgehead atoms. The van der Waals surface area contributed by atoms with Gasteiger partial charge < -0.3 is 15.5 Å². The molecule has 1 rings (SSSR count). The molecular weight excluding hydrogens is 276 g/mol. The third-order valence-electron chi connectivity index (χ3n) is 2.30. The highest BCUT2D eigenvalue weighted by Crippen LogP contribution is 2.08. The van der Waals surface area contributed by atoms with Crippen LogP contribution in [-0.4, -0.2) is 34.1 Å². The van der Waals surface area contributed by atoms with Crippen molar-refractivity contribution in [3.05, 3.63) is 35.4 Å². The van der Waals surface area contributed by atoms with Crippen LogP contribution in [0.4, 0.5) is 8.78 Å². The Morgan fingerprint density at radius 3 is 2.10 bits per heavy atom. The number of benzene rings is 1. The van der Waals surface area contributed by atoms with Crippen LogP contribution in [0.25, 0.3) is 0 Å². The fraction of sp³-hybridized carbons (Fsp3) is 0.250. The Bertz CT molecular complexity index is 526. The van der Waals surface area contributed by atoms with Crippen LogP contribution in [0.2, 0.25) is 0 Å². The topological polar surface area (TPSA) is 104 Å². The van der Waals surface area contributed by atoms with Gasteiger partial charge in [0.15, 0.2) is 0 Å². The van der Waals surface area contributed by atoms with Crippen molar-refractivity contribution in [1.29, 1.82) is 0 Å². The molecule has 1 atom stereocenters. The minimum Gasteiger partial charge on any atom is -0.481 e. The van der Waals surface area contributed by atoms with Crippen LogP contribution in [0.5, 0.6) is 0 Å². The number of rotatable bonds is 6. The van der Waals surface area contributed by atoms with E-state index in [-0.39, 0.29) is 5.56 Å². The van der Waals surface area contributed by atoms with Crippen LogP contribution >= 0.6 is 0 Å². The number of carbonyl (C=O) groups excluding carboxylic acids is 1. The number of carbonyl (C=O) groups is 3. The SMILES string of the molecule is O=C(O)C[C@@H](NC(=O)Cc1cc(F)cc(F)c1)C(=O)O. The van der Waals surface area contributed by atoms with Crippen molar-refractivity contribution >= 4 is 17.8 Å². The summed E-state index contributed by atoms with van der Waals surface area (Å²) in [5, 5.41) is 19.2. The molecule has 0 spiro atoms. The first-order valence-corrected chi connectivity index (χ1v) is 5.47. The lowest BCUT2D eigenvalue weighted by Crippen LogP contribution is -2.42. The molecule has 0 saturated heterocycles. The molecular formula is C12H11F2NO5. The summed E-state index contributed by atoms with van der Waals surface area (Å²) < 4.78 is 25.8. The fourth-order valence-electron chi connectivity index (χ4n) is 1.52. The largest absolute Gasteiger partial charge is 0.481 e. The van der Waals surface area contributed by atoms with Crippen LogP contribution in [-0.2, 0) is 20.8 Å². The molecule has 0 saturated carbocycles. The second-order valence-corrected chi connectivity index (χ2v) is 4.01. The van der Waals surface area contributed by atoms with Crippen molar-refractivity contribution in [1.82, 2.24) is 5.32 Å². The maximum Gasteiger partial charge on any atom is 0.326 e. The number of hydrogen-bond acceptors (Lipinski definition) is 3. The lowest BCUT2D eigenvalue weighted by molar-refractivity contribution is -0.147. The molecule has 6 nitrogen and oxygen atoms in total. The summed E-state index contributed by atoms with van der Waals surface area (Å²) in [6, 6.07) is 0.885. The molecule has 1 amide bonds. The van der Waals surface area contributed by atoms with Crippen molar-refractivity contribution in [2.24, 2.45) is 0 Å². The molecule has 3 N–H and O–H groups in total. The molecule has 8 heteroatoms. The van der Waals surface area contributed by atoms with Crippen LogP contribution in [0.3, 0.4) is 0 Å². The van der Waals surface area contributed by atoms with Gasteiger partial charge in [0.25, 0.3) is 0 Å². The average molecular weight is 287 g/mol. The Kier molecular flexibility index (Phi) is 5.13. The number of nitrogens with one attached hydrogen (secondary N) is 1. The molecule has 0 aliphatic carbocycles. The monoisotopic (exact) mass is 287 g/mol. The first kappa shape index (κ1) is 15.5. The van der Waals surface area contributed by atoms with Gasteiger partial charge >= 0.3 is 11.9 Å². The number of carboxylic acids is 2. The highest BCUT2D eigenvalue weighted by Gasteiger charge is 2.23. The summed E-state index contributed by atoms with van der Waals surface area (Å²) in [6.45, 7) is 0. The predicted molar refractivity (Wildman–Crippen MR) is 61.9 cm³/mol. The highest BCUT2D eigenvalue weighted by molar-refractivity contribution is 5.87. The molecule has 1 aromatic carbocycles. The summed E-state index contributed by atoms with van der Waals surface area (Å²) in [5.41, 5.74) is 0.0134. The number of amides is 1. The van der Waals surface area contributed by atoms with Crippen LogP contribution in [0.15, 0.2) is 18.2 Å². The van der Waals surface area contributed by atoms with E-state index in [0.29, 0.717) is 6.07 Å². The Morgan fingerprint density at radius 1 is 1.10 bits per heavy atom. The van der Waals surface area contributed by atoms with E-state index in [2.05, 4.69) is 0 Å². The zero-order chi connectivity index (χ0) is 15.3. The molecule has 0 unspecified atom stereocenters. The molecule has 20 heavy (non-hydrogen) atoms. The zero-order valence-electron chi connectivity index (χ0n) is 10.1. The minimum atomic E-state index is -1.60. The van der Waals surface area contributed by atoms with Crippen LogP contribution in [0, 0.1) is 11.6 Å². The first-order valence-electron chi connectivity index (χ1n) is 5.47. The molecule has 0 radical (unpaired) electrons. The van der Waals surface area contributed by atoms with E-state index in [9.17, 15) is 23.2 Å². The molecule has 0 aliphatic rings. The Balaban J connectivity index is 2.70. The lowest BCUT2D eigenvalue weighted by atomic mass is 10.1. The van der Waals surface area contributed by atoms with E-state index in [1.807, 2.05) is 5.32 Å². The highest BCUT2D eigenvalue weighted by atomic mass is 19.1. The number of hydrogen-bond donors (Lipinski definition) is 3. The van der Waals surface area contributed by atoms with Gasteiger partial charge in [-0.05, 0) is 17.7 Å². The second-order valence-electron chi connectivity index (χ2n) is 4.01. The van der Waals surface area contributed by atoms with Gasteiger partial charge in [-0.1, -0.05) is 0 Å². The van der Waals surface area contributed by atoms with E-state index in [4.69, 9.17) is 10.2 Å². The van der Waals surface area contributed by atoms with Crippen molar-refractivity contribution in [3.8, 4) is 0 Å². The minimum absolute atomic E-state index is 0.0134. The summed E-state index contributed by atoms with van der Waals surface area (Å²) in [7, 11) is 0. The van der Waals surface area contributed by atoms with Crippen molar-refractivity contribution in [3.63, 3.8) is 0 Å². The maximum atomic E-state index is 12.9. The van der Waals surface area contributed by atoms with Gasteiger partial charge in [0.1, 0.15) is 17.7 Å². The van der Waals surface area contributed by atoms with Gasteiger partial charge in [-0.15, -0.1) is 0 Å². The van der Waals surface area contributed by atoms with Crippen molar-refractivity contribution < 1.29 is 33.4 Å². The summed E-state index contributed by atoms with van der Waals surface area (Å²) in [5.74, 6) is -5.48. The van der Waals surface area contributed by atoms with E-state index < -0.39 is 48.4 Å². The second kappa shape index (κ2) is 6.60. The standard InChI is InChI=1S/C12H11F2NO5/c13-7-1-6(2-8(14)4-7)3-10(16)15-9(12(19)20)5-11(17)18/h1-2,4,9H,3,5H2,(H,15,16)(H,17,18)(H,19,20)/t9-/m1/s1. The van der Waals surface area contributed by atoms with Gasteiger partial charge in [0.05, 0.1) is 12.8 Å². The fourth-order valence-corrected chi connectivity index (χ4v) is 1.52. The maximum absolute atomic E-state index is 12.9. The summed E-state index contributed by atoms with van der Waals surface area (Å²) in [4.78, 5) is 32.7. The summed E-state index contributed by atoms with van der Waals surface area (Å²) in [6.07, 6.45) is -1.25. The van der Waals surface area contributed by atoms with Gasteiger partial charge in [-0.2, -0.15) is 0 Å². The lowest BCUT2D eigenvalue weighted by Gasteiger charge is -2.12. The zero-order valence-corrected chi connectivity index (χ0v) is 10.1. The number of carboxylic acid groups (broad SMARTS) is 2. The van der Waals surface area contributed by atoms with Gasteiger partial charge in [0.2, 0.25) is 5.91 Å².